The standard InChI is InChI=1S/C12H21N3O/c1-12(2,13)6-4-11(16)15(3)9-10-5-7-14-8-10/h5,7-8,14H,4,6,9,13H2,1-3H3. The lowest BCUT2D eigenvalue weighted by Gasteiger charge is -2.21. The van der Waals surface area contributed by atoms with E-state index in [-0.39, 0.29) is 11.4 Å². The highest BCUT2D eigenvalue weighted by Crippen LogP contribution is 2.10. The second-order valence-electron chi connectivity index (χ2n) is 4.96. The fraction of sp³-hybridized carbons (Fsp3) is 0.583. The minimum Gasteiger partial charge on any atom is -0.367 e. The number of amides is 1. The summed E-state index contributed by atoms with van der Waals surface area (Å²) in [6.07, 6.45) is 4.97. The van der Waals surface area contributed by atoms with Crippen LogP contribution in [0.4, 0.5) is 0 Å². The van der Waals surface area contributed by atoms with Gasteiger partial charge in [0.15, 0.2) is 0 Å². The van der Waals surface area contributed by atoms with E-state index >= 15 is 0 Å². The first-order chi connectivity index (χ1) is 7.38. The molecule has 0 spiro atoms. The van der Waals surface area contributed by atoms with E-state index in [1.54, 1.807) is 4.90 Å². The molecule has 0 aliphatic carbocycles. The van der Waals surface area contributed by atoms with Crippen molar-refractivity contribution in [2.45, 2.75) is 38.8 Å². The molecule has 0 saturated carbocycles. The maximum atomic E-state index is 11.8. The average Bonchev–Trinajstić information content (AvgIpc) is 2.65. The lowest BCUT2D eigenvalue weighted by atomic mass is 10.00. The van der Waals surface area contributed by atoms with Crippen LogP contribution in [-0.4, -0.2) is 28.4 Å². The van der Waals surface area contributed by atoms with Gasteiger partial charge in [0.25, 0.3) is 0 Å². The van der Waals surface area contributed by atoms with Gasteiger partial charge in [-0.05, 0) is 31.9 Å². The van der Waals surface area contributed by atoms with E-state index in [9.17, 15) is 4.79 Å². The van der Waals surface area contributed by atoms with E-state index < -0.39 is 0 Å². The molecule has 0 fully saturated rings. The van der Waals surface area contributed by atoms with Crippen LogP contribution in [0.1, 0.15) is 32.3 Å². The number of aromatic amines is 1. The summed E-state index contributed by atoms with van der Waals surface area (Å²) in [7, 11) is 1.82. The van der Waals surface area contributed by atoms with Crippen LogP contribution in [0.2, 0.25) is 0 Å². The van der Waals surface area contributed by atoms with Crippen molar-refractivity contribution in [2.24, 2.45) is 5.73 Å². The number of hydrogen-bond donors (Lipinski definition) is 2. The summed E-state index contributed by atoms with van der Waals surface area (Å²) >= 11 is 0. The fourth-order valence-electron chi connectivity index (χ4n) is 1.44. The van der Waals surface area contributed by atoms with E-state index in [4.69, 9.17) is 5.73 Å². The molecule has 1 aromatic rings. The molecule has 0 aliphatic rings. The van der Waals surface area contributed by atoms with Gasteiger partial charge < -0.3 is 15.6 Å². The van der Waals surface area contributed by atoms with Crippen LogP contribution in [0.25, 0.3) is 0 Å². The normalized spacial score (nSPS) is 11.5. The Morgan fingerprint density at radius 3 is 2.75 bits per heavy atom. The molecule has 1 heterocycles. The second-order valence-corrected chi connectivity index (χ2v) is 4.96. The third kappa shape index (κ3) is 4.49. The number of nitrogens with zero attached hydrogens (tertiary/aromatic N) is 1. The largest absolute Gasteiger partial charge is 0.367 e. The summed E-state index contributed by atoms with van der Waals surface area (Å²) in [6.45, 7) is 4.52. The van der Waals surface area contributed by atoms with Crippen LogP contribution in [0.15, 0.2) is 18.5 Å². The maximum absolute atomic E-state index is 11.8. The maximum Gasteiger partial charge on any atom is 0.222 e. The Morgan fingerprint density at radius 2 is 2.25 bits per heavy atom. The van der Waals surface area contributed by atoms with E-state index in [0.29, 0.717) is 19.4 Å². The molecule has 0 aliphatic heterocycles. The number of aromatic nitrogens is 1. The highest BCUT2D eigenvalue weighted by Gasteiger charge is 2.15. The number of nitrogens with two attached hydrogens (primary N) is 1. The molecule has 16 heavy (non-hydrogen) atoms. The van der Waals surface area contributed by atoms with E-state index in [1.807, 2.05) is 39.4 Å². The number of hydrogen-bond acceptors (Lipinski definition) is 2. The molecule has 0 aromatic carbocycles. The van der Waals surface area contributed by atoms with Crippen molar-refractivity contribution in [1.29, 1.82) is 0 Å². The predicted octanol–water partition coefficient (Wildman–Crippen LogP) is 1.49. The second kappa shape index (κ2) is 5.16. The van der Waals surface area contributed by atoms with E-state index in [2.05, 4.69) is 4.98 Å². The molecule has 4 nitrogen and oxygen atoms in total. The topological polar surface area (TPSA) is 62.1 Å². The summed E-state index contributed by atoms with van der Waals surface area (Å²) in [5, 5.41) is 0. The van der Waals surface area contributed by atoms with Crippen LogP contribution < -0.4 is 5.73 Å². The van der Waals surface area contributed by atoms with Gasteiger partial charge in [-0.25, -0.2) is 0 Å². The molecule has 1 rings (SSSR count). The molecule has 0 bridgehead atoms. The van der Waals surface area contributed by atoms with Gasteiger partial charge in [0, 0.05) is 37.9 Å². The van der Waals surface area contributed by atoms with Crippen molar-refractivity contribution in [3.8, 4) is 0 Å². The Balaban J connectivity index is 2.37. The number of H-pyrrole nitrogens is 1. The number of rotatable bonds is 5. The molecular formula is C12H21N3O. The zero-order valence-corrected chi connectivity index (χ0v) is 10.3. The van der Waals surface area contributed by atoms with Crippen molar-refractivity contribution in [3.63, 3.8) is 0 Å². The van der Waals surface area contributed by atoms with Crippen LogP contribution >= 0.6 is 0 Å². The van der Waals surface area contributed by atoms with Gasteiger partial charge in [-0.2, -0.15) is 0 Å². The van der Waals surface area contributed by atoms with Gasteiger partial charge in [0.05, 0.1) is 0 Å². The Kier molecular flexibility index (Phi) is 4.12. The van der Waals surface area contributed by atoms with Gasteiger partial charge in [0.1, 0.15) is 0 Å². The van der Waals surface area contributed by atoms with Crippen molar-refractivity contribution in [3.05, 3.63) is 24.0 Å². The third-order valence-corrected chi connectivity index (χ3v) is 2.49. The molecule has 3 N–H and O–H groups in total. The minimum atomic E-state index is -0.273. The van der Waals surface area contributed by atoms with Crippen LogP contribution in [0, 0.1) is 0 Å². The summed E-state index contributed by atoms with van der Waals surface area (Å²) < 4.78 is 0. The van der Waals surface area contributed by atoms with Crippen LogP contribution in [0.5, 0.6) is 0 Å². The summed E-state index contributed by atoms with van der Waals surface area (Å²) in [5.74, 6) is 0.139. The van der Waals surface area contributed by atoms with Gasteiger partial charge in [0.2, 0.25) is 5.91 Å². The highest BCUT2D eigenvalue weighted by atomic mass is 16.2. The summed E-state index contributed by atoms with van der Waals surface area (Å²) in [4.78, 5) is 16.5. The minimum absolute atomic E-state index is 0.139. The number of carbonyl (C=O) groups excluding carboxylic acids is 1. The molecule has 4 heteroatoms. The lowest BCUT2D eigenvalue weighted by Crippen LogP contribution is -2.34. The van der Waals surface area contributed by atoms with Gasteiger partial charge in [-0.1, -0.05) is 0 Å². The molecule has 0 saturated heterocycles. The first kappa shape index (κ1) is 12.8. The molecule has 0 radical (unpaired) electrons. The quantitative estimate of drug-likeness (QED) is 0.794. The van der Waals surface area contributed by atoms with Crippen molar-refractivity contribution >= 4 is 5.91 Å². The van der Waals surface area contributed by atoms with Gasteiger partial charge in [-0.3, -0.25) is 4.79 Å². The van der Waals surface area contributed by atoms with Crippen molar-refractivity contribution < 1.29 is 4.79 Å². The first-order valence-electron chi connectivity index (χ1n) is 5.53. The fourth-order valence-corrected chi connectivity index (χ4v) is 1.44. The van der Waals surface area contributed by atoms with Crippen molar-refractivity contribution in [1.82, 2.24) is 9.88 Å². The lowest BCUT2D eigenvalue weighted by molar-refractivity contribution is -0.130. The van der Waals surface area contributed by atoms with Gasteiger partial charge in [-0.15, -0.1) is 0 Å². The molecule has 0 unspecified atom stereocenters. The zero-order valence-electron chi connectivity index (χ0n) is 10.3. The highest BCUT2D eigenvalue weighted by molar-refractivity contribution is 5.75. The first-order valence-corrected chi connectivity index (χ1v) is 5.53. The summed E-state index contributed by atoms with van der Waals surface area (Å²) in [5.41, 5.74) is 6.68. The predicted molar refractivity (Wildman–Crippen MR) is 64.8 cm³/mol. The Labute approximate surface area is 96.8 Å². The van der Waals surface area contributed by atoms with E-state index in [1.165, 1.54) is 0 Å². The Hall–Kier alpha value is -1.29. The SMILES string of the molecule is CN(Cc1cc[nH]c1)C(=O)CCC(C)(C)N. The molecule has 1 aromatic heterocycles. The van der Waals surface area contributed by atoms with Crippen LogP contribution in [-0.2, 0) is 11.3 Å². The molecule has 90 valence electrons. The Bertz CT molecular complexity index is 325. The van der Waals surface area contributed by atoms with Crippen molar-refractivity contribution in [2.75, 3.05) is 7.05 Å². The molecule has 0 atom stereocenters. The average molecular weight is 223 g/mol. The number of nitrogens with one attached hydrogen (secondary N) is 1. The monoisotopic (exact) mass is 223 g/mol. The Morgan fingerprint density at radius 1 is 1.56 bits per heavy atom. The smallest absolute Gasteiger partial charge is 0.222 e. The molecule has 1 amide bonds. The zero-order chi connectivity index (χ0) is 12.2. The molecular weight excluding hydrogens is 202 g/mol. The van der Waals surface area contributed by atoms with Gasteiger partial charge >= 0.3 is 0 Å². The van der Waals surface area contributed by atoms with Crippen LogP contribution in [0.3, 0.4) is 0 Å². The summed E-state index contributed by atoms with van der Waals surface area (Å²) in [6, 6.07) is 1.97. The van der Waals surface area contributed by atoms with E-state index in [0.717, 1.165) is 5.56 Å². The number of carbonyl (C=O) groups is 1. The third-order valence-electron chi connectivity index (χ3n) is 2.49.